The van der Waals surface area contributed by atoms with Crippen LogP contribution in [0.1, 0.15) is 44.5 Å². The van der Waals surface area contributed by atoms with E-state index in [1.165, 1.54) is 108 Å². The van der Waals surface area contributed by atoms with E-state index in [-0.39, 0.29) is 0 Å². The first kappa shape index (κ1) is 39.2. The summed E-state index contributed by atoms with van der Waals surface area (Å²) in [5, 5.41) is 2.50. The molecule has 0 aromatic heterocycles. The van der Waals surface area contributed by atoms with Crippen molar-refractivity contribution in [1.29, 1.82) is 0 Å². The molecule has 11 aromatic carbocycles. The van der Waals surface area contributed by atoms with Gasteiger partial charge >= 0.3 is 0 Å². The molecule has 1 nitrogen and oxygen atoms in total. The van der Waals surface area contributed by atoms with Crippen molar-refractivity contribution in [3.05, 3.63) is 293 Å². The lowest BCUT2D eigenvalue weighted by Gasteiger charge is -2.40. The maximum Gasteiger partial charge on any atom is 0.0736 e. The molecule has 0 saturated carbocycles. The van der Waals surface area contributed by atoms with Gasteiger partial charge in [0.05, 0.1) is 16.5 Å². The Hall–Kier alpha value is -7.82. The van der Waals surface area contributed by atoms with Gasteiger partial charge in [-0.3, -0.25) is 0 Å². The third-order valence-electron chi connectivity index (χ3n) is 15.4. The summed E-state index contributed by atoms with van der Waals surface area (Å²) in [5.74, 6) is 0. The maximum atomic E-state index is 2.56. The molecule has 0 bridgehead atoms. The smallest absolute Gasteiger partial charge is 0.0736 e. The normalized spacial score (nSPS) is 14.5. The van der Waals surface area contributed by atoms with Crippen molar-refractivity contribution in [2.75, 3.05) is 4.90 Å². The lowest BCUT2D eigenvalue weighted by Crippen LogP contribution is -2.32. The van der Waals surface area contributed by atoms with Crippen LogP contribution in [-0.4, -0.2) is 0 Å². The van der Waals surface area contributed by atoms with Crippen molar-refractivity contribution in [1.82, 2.24) is 0 Å². The van der Waals surface area contributed by atoms with Gasteiger partial charge < -0.3 is 4.90 Å². The number of anilines is 3. The zero-order valence-electron chi connectivity index (χ0n) is 37.4. The summed E-state index contributed by atoms with van der Waals surface area (Å²) in [7, 11) is 0. The van der Waals surface area contributed by atoms with Crippen LogP contribution in [0.3, 0.4) is 0 Å². The first-order valence-corrected chi connectivity index (χ1v) is 25.5. The fourth-order valence-corrected chi connectivity index (χ4v) is 15.1. The Kier molecular flexibility index (Phi) is 8.43. The standard InChI is InChI=1S/C66H41NS2/c1-2-19-46-42(17-1)18-15-22-47(46)43-35-37-44(38-36-43)67(45-39-40-49-48-20-3-5-23-51(48)66(58(49)41-45)55-27-9-13-33-62(55)69-63-34-14-10-28-56(63)66)59-30-16-29-57-64(59)50-21-4-6-24-52(50)65(57)53-25-7-11-31-60(53)68-61-32-12-8-26-54(61)65/h1-41H. The zero-order chi connectivity index (χ0) is 45.3. The lowest BCUT2D eigenvalue weighted by molar-refractivity contribution is 0.722. The first-order chi connectivity index (χ1) is 34.2. The van der Waals surface area contributed by atoms with E-state index < -0.39 is 10.8 Å². The van der Waals surface area contributed by atoms with Crippen LogP contribution >= 0.6 is 23.5 Å². The summed E-state index contributed by atoms with van der Waals surface area (Å²) >= 11 is 3.79. The van der Waals surface area contributed by atoms with Crippen LogP contribution in [0, 0.1) is 0 Å². The highest BCUT2D eigenvalue weighted by molar-refractivity contribution is 7.99. The van der Waals surface area contributed by atoms with Gasteiger partial charge in [0, 0.05) is 36.5 Å². The molecule has 69 heavy (non-hydrogen) atoms. The van der Waals surface area contributed by atoms with Gasteiger partial charge in [0.1, 0.15) is 0 Å². The van der Waals surface area contributed by atoms with Crippen molar-refractivity contribution >= 4 is 51.4 Å². The Balaban J connectivity index is 1.02. The average molecular weight is 912 g/mol. The molecule has 322 valence electrons. The molecule has 11 aromatic rings. The van der Waals surface area contributed by atoms with Gasteiger partial charge in [0.25, 0.3) is 0 Å². The monoisotopic (exact) mass is 911 g/mol. The van der Waals surface area contributed by atoms with Crippen LogP contribution < -0.4 is 4.90 Å². The molecule has 0 amide bonds. The van der Waals surface area contributed by atoms with E-state index >= 15 is 0 Å². The Morgan fingerprint density at radius 1 is 0.290 bits per heavy atom. The molecule has 2 aliphatic carbocycles. The third-order valence-corrected chi connectivity index (χ3v) is 17.7. The Morgan fingerprint density at radius 3 is 1.36 bits per heavy atom. The number of hydrogen-bond donors (Lipinski definition) is 0. The SMILES string of the molecule is c1ccc2c(c1)Sc1ccccc1C21c2ccccc2-c2ccc(N(c3ccc(-c4cccc5ccccc45)cc3)c3cccc4c3-c3ccccc3C43c4ccccc4Sc4ccccc43)cc21. The predicted octanol–water partition coefficient (Wildman–Crippen LogP) is 17.6. The van der Waals surface area contributed by atoms with Crippen molar-refractivity contribution in [2.24, 2.45) is 0 Å². The number of nitrogens with zero attached hydrogens (tertiary/aromatic N) is 1. The second-order valence-corrected chi connectivity index (χ2v) is 20.8. The molecule has 4 aliphatic rings. The topological polar surface area (TPSA) is 3.24 Å². The molecular weight excluding hydrogens is 871 g/mol. The molecular formula is C66H41NS2. The van der Waals surface area contributed by atoms with Crippen LogP contribution in [0.15, 0.2) is 268 Å². The average Bonchev–Trinajstić information content (AvgIpc) is 3.87. The summed E-state index contributed by atoms with van der Waals surface area (Å²) in [6.07, 6.45) is 0. The fourth-order valence-electron chi connectivity index (χ4n) is 12.7. The van der Waals surface area contributed by atoms with Gasteiger partial charge in [0.15, 0.2) is 0 Å². The molecule has 15 rings (SSSR count). The van der Waals surface area contributed by atoms with E-state index in [0.717, 1.165) is 17.1 Å². The quantitative estimate of drug-likeness (QED) is 0.173. The molecule has 0 fully saturated rings. The first-order valence-electron chi connectivity index (χ1n) is 23.8. The van der Waals surface area contributed by atoms with E-state index in [1.807, 2.05) is 23.5 Å². The second kappa shape index (κ2) is 14.8. The molecule has 0 radical (unpaired) electrons. The largest absolute Gasteiger partial charge is 0.310 e. The van der Waals surface area contributed by atoms with E-state index in [0.29, 0.717) is 0 Å². The minimum atomic E-state index is -0.507. The van der Waals surface area contributed by atoms with Gasteiger partial charge in [-0.2, -0.15) is 0 Å². The molecule has 2 heterocycles. The number of benzene rings is 11. The second-order valence-electron chi connectivity index (χ2n) is 18.6. The van der Waals surface area contributed by atoms with Crippen LogP contribution in [0.4, 0.5) is 17.1 Å². The molecule has 3 heteroatoms. The molecule has 0 N–H and O–H groups in total. The van der Waals surface area contributed by atoms with E-state index in [4.69, 9.17) is 0 Å². The number of fused-ring (bicyclic) bond motifs is 19. The zero-order valence-corrected chi connectivity index (χ0v) is 39.1. The van der Waals surface area contributed by atoms with E-state index in [2.05, 4.69) is 254 Å². The predicted molar refractivity (Wildman–Crippen MR) is 287 cm³/mol. The third kappa shape index (κ3) is 5.29. The minimum Gasteiger partial charge on any atom is -0.310 e. The minimum absolute atomic E-state index is 0.499. The van der Waals surface area contributed by atoms with E-state index in [9.17, 15) is 0 Å². The summed E-state index contributed by atoms with van der Waals surface area (Å²) in [4.78, 5) is 7.78. The summed E-state index contributed by atoms with van der Waals surface area (Å²) < 4.78 is 0. The highest BCUT2D eigenvalue weighted by Crippen LogP contribution is 2.66. The molecule has 2 aliphatic heterocycles. The summed E-state index contributed by atoms with van der Waals surface area (Å²) in [5.41, 5.74) is 20.6. The molecule has 0 unspecified atom stereocenters. The Labute approximate surface area is 410 Å². The van der Waals surface area contributed by atoms with Gasteiger partial charge in [0.2, 0.25) is 0 Å². The van der Waals surface area contributed by atoms with Gasteiger partial charge in [-0.15, -0.1) is 0 Å². The fraction of sp³-hybridized carbons (Fsp3) is 0.0303. The van der Waals surface area contributed by atoms with Gasteiger partial charge in [-0.1, -0.05) is 218 Å². The number of hydrogen-bond acceptors (Lipinski definition) is 3. The van der Waals surface area contributed by atoms with Crippen LogP contribution in [0.25, 0.3) is 44.2 Å². The highest BCUT2D eigenvalue weighted by atomic mass is 32.2. The lowest BCUT2D eigenvalue weighted by atomic mass is 9.67. The Bertz CT molecular complexity index is 3840. The summed E-state index contributed by atoms with van der Waals surface area (Å²) in [6, 6.07) is 93.8. The van der Waals surface area contributed by atoms with Gasteiger partial charge in [-0.25, -0.2) is 0 Å². The van der Waals surface area contributed by atoms with Crippen molar-refractivity contribution < 1.29 is 0 Å². The van der Waals surface area contributed by atoms with Crippen LogP contribution in [0.5, 0.6) is 0 Å². The van der Waals surface area contributed by atoms with Crippen molar-refractivity contribution in [2.45, 2.75) is 30.4 Å². The van der Waals surface area contributed by atoms with Gasteiger partial charge in [-0.05, 0) is 138 Å². The number of rotatable bonds is 4. The Morgan fingerprint density at radius 2 is 0.725 bits per heavy atom. The van der Waals surface area contributed by atoms with E-state index in [1.54, 1.807) is 0 Å². The molecule has 0 saturated heterocycles. The summed E-state index contributed by atoms with van der Waals surface area (Å²) in [6.45, 7) is 0. The molecule has 2 spiro atoms. The van der Waals surface area contributed by atoms with Crippen molar-refractivity contribution in [3.8, 4) is 33.4 Å². The van der Waals surface area contributed by atoms with Crippen LogP contribution in [0.2, 0.25) is 0 Å². The highest BCUT2D eigenvalue weighted by Gasteiger charge is 2.52. The van der Waals surface area contributed by atoms with Crippen LogP contribution in [-0.2, 0) is 10.8 Å². The molecule has 0 atom stereocenters. The van der Waals surface area contributed by atoms with Crippen molar-refractivity contribution in [3.63, 3.8) is 0 Å². The maximum absolute atomic E-state index is 2.56.